The molecule has 0 aliphatic carbocycles. The largest absolute Gasteiger partial charge is 0.497 e. The lowest BCUT2D eigenvalue weighted by molar-refractivity contribution is 0.415. The van der Waals surface area contributed by atoms with Crippen LogP contribution >= 0.6 is 22.9 Å². The first-order valence-electron chi connectivity index (χ1n) is 5.33. The molecule has 0 fully saturated rings. The van der Waals surface area contributed by atoms with Gasteiger partial charge in [-0.15, -0.1) is 11.3 Å². The first-order chi connectivity index (χ1) is 8.78. The van der Waals surface area contributed by atoms with E-state index in [1.807, 2.05) is 35.7 Å². The Morgan fingerprint density at radius 2 is 2.11 bits per heavy atom. The zero-order chi connectivity index (χ0) is 12.5. The molecule has 0 amide bonds. The lowest BCUT2D eigenvalue weighted by atomic mass is 10.2. The zero-order valence-electron chi connectivity index (χ0n) is 9.55. The molecule has 0 saturated carbocycles. The Labute approximate surface area is 113 Å². The fourth-order valence-corrected chi connectivity index (χ4v) is 2.61. The summed E-state index contributed by atoms with van der Waals surface area (Å²) in [7, 11) is 1.63. The lowest BCUT2D eigenvalue weighted by Gasteiger charge is -2.05. The van der Waals surface area contributed by atoms with Gasteiger partial charge < -0.3 is 4.74 Å². The number of aromatic nitrogens is 2. The minimum absolute atomic E-state index is 0.464. The van der Waals surface area contributed by atoms with Crippen molar-refractivity contribution in [3.8, 4) is 16.5 Å². The van der Waals surface area contributed by atoms with Gasteiger partial charge in [0, 0.05) is 11.5 Å². The fraction of sp³-hybridized carbons (Fsp3) is 0.0769. The second-order valence-electron chi connectivity index (χ2n) is 3.70. The molecule has 0 bridgehead atoms. The van der Waals surface area contributed by atoms with Crippen LogP contribution in [-0.4, -0.2) is 17.1 Å². The van der Waals surface area contributed by atoms with E-state index in [2.05, 4.69) is 9.97 Å². The third kappa shape index (κ3) is 1.94. The predicted octanol–water partition coefficient (Wildman–Crippen LogP) is 4.02. The van der Waals surface area contributed by atoms with Crippen molar-refractivity contribution in [3.63, 3.8) is 0 Å². The summed E-state index contributed by atoms with van der Waals surface area (Å²) in [5.74, 6) is 1.41. The highest BCUT2D eigenvalue weighted by atomic mass is 35.5. The van der Waals surface area contributed by atoms with Crippen molar-refractivity contribution in [3.05, 3.63) is 40.9 Å². The molecule has 0 N–H and O–H groups in total. The quantitative estimate of drug-likeness (QED) is 0.663. The van der Waals surface area contributed by atoms with Crippen LogP contribution in [0, 0.1) is 0 Å². The third-order valence-electron chi connectivity index (χ3n) is 2.60. The summed E-state index contributed by atoms with van der Waals surface area (Å²) >= 11 is 7.78. The van der Waals surface area contributed by atoms with Crippen LogP contribution in [0.3, 0.4) is 0 Å². The van der Waals surface area contributed by atoms with Crippen LogP contribution in [-0.2, 0) is 0 Å². The van der Waals surface area contributed by atoms with E-state index >= 15 is 0 Å². The van der Waals surface area contributed by atoms with Crippen molar-refractivity contribution >= 4 is 33.8 Å². The topological polar surface area (TPSA) is 35.0 Å². The van der Waals surface area contributed by atoms with Gasteiger partial charge in [-0.05, 0) is 23.6 Å². The molecule has 18 heavy (non-hydrogen) atoms. The number of hydrogen-bond donors (Lipinski definition) is 0. The summed E-state index contributed by atoms with van der Waals surface area (Å²) in [6, 6.07) is 9.52. The van der Waals surface area contributed by atoms with Gasteiger partial charge in [-0.2, -0.15) is 0 Å². The lowest BCUT2D eigenvalue weighted by Crippen LogP contribution is -1.91. The molecule has 0 saturated heterocycles. The number of fused-ring (bicyclic) bond motifs is 1. The van der Waals surface area contributed by atoms with Gasteiger partial charge in [-0.3, -0.25) is 0 Å². The van der Waals surface area contributed by atoms with Gasteiger partial charge in [0.1, 0.15) is 10.9 Å². The average Bonchev–Trinajstić information content (AvgIpc) is 2.91. The number of ether oxygens (including phenoxy) is 1. The van der Waals surface area contributed by atoms with Gasteiger partial charge in [-0.1, -0.05) is 17.7 Å². The number of benzene rings is 1. The van der Waals surface area contributed by atoms with Gasteiger partial charge in [0.25, 0.3) is 0 Å². The molecule has 1 aromatic carbocycles. The second kappa shape index (κ2) is 4.55. The summed E-state index contributed by atoms with van der Waals surface area (Å²) in [5.41, 5.74) is 0.790. The summed E-state index contributed by atoms with van der Waals surface area (Å²) in [5, 5.41) is 3.28. The van der Waals surface area contributed by atoms with Crippen LogP contribution in [0.5, 0.6) is 5.75 Å². The van der Waals surface area contributed by atoms with Crippen LogP contribution in [0.15, 0.2) is 35.7 Å². The zero-order valence-corrected chi connectivity index (χ0v) is 11.1. The minimum Gasteiger partial charge on any atom is -0.497 e. The minimum atomic E-state index is 0.464. The van der Waals surface area contributed by atoms with Crippen molar-refractivity contribution in [2.24, 2.45) is 0 Å². The Bertz CT molecular complexity index is 698. The fourth-order valence-electron chi connectivity index (χ4n) is 1.71. The molecular formula is C13H9ClN2OS. The third-order valence-corrected chi connectivity index (χ3v) is 3.75. The number of hydrogen-bond acceptors (Lipinski definition) is 4. The molecule has 5 heteroatoms. The van der Waals surface area contributed by atoms with Gasteiger partial charge in [0.2, 0.25) is 0 Å². The van der Waals surface area contributed by atoms with E-state index in [-0.39, 0.29) is 0 Å². The summed E-state index contributed by atoms with van der Waals surface area (Å²) in [6.07, 6.45) is 0. The molecule has 2 aromatic heterocycles. The number of thiophene rings is 1. The molecule has 2 heterocycles. The Balaban J connectivity index is 2.24. The highest BCUT2D eigenvalue weighted by Crippen LogP contribution is 2.29. The van der Waals surface area contributed by atoms with Crippen LogP contribution in [0.1, 0.15) is 0 Å². The van der Waals surface area contributed by atoms with Gasteiger partial charge >= 0.3 is 0 Å². The molecule has 0 radical (unpaired) electrons. The second-order valence-corrected chi connectivity index (χ2v) is 5.00. The van der Waals surface area contributed by atoms with E-state index in [4.69, 9.17) is 16.3 Å². The maximum Gasteiger partial charge on any atom is 0.171 e. The molecule has 0 aliphatic rings. The Hall–Kier alpha value is -1.65. The average molecular weight is 277 g/mol. The van der Waals surface area contributed by atoms with E-state index in [1.54, 1.807) is 18.4 Å². The first-order valence-corrected chi connectivity index (χ1v) is 6.59. The van der Waals surface area contributed by atoms with Crippen molar-refractivity contribution in [2.45, 2.75) is 0 Å². The van der Waals surface area contributed by atoms with Crippen LogP contribution in [0.2, 0.25) is 5.15 Å². The first kappa shape index (κ1) is 11.4. The maximum absolute atomic E-state index is 6.19. The highest BCUT2D eigenvalue weighted by Gasteiger charge is 2.09. The normalized spacial score (nSPS) is 10.8. The molecule has 3 aromatic rings. The van der Waals surface area contributed by atoms with E-state index in [0.29, 0.717) is 11.0 Å². The van der Waals surface area contributed by atoms with Crippen molar-refractivity contribution in [1.29, 1.82) is 0 Å². The van der Waals surface area contributed by atoms with E-state index in [0.717, 1.165) is 21.5 Å². The van der Waals surface area contributed by atoms with Crippen molar-refractivity contribution in [2.75, 3.05) is 7.11 Å². The van der Waals surface area contributed by atoms with Crippen molar-refractivity contribution < 1.29 is 4.74 Å². The van der Waals surface area contributed by atoms with Crippen LogP contribution in [0.25, 0.3) is 21.6 Å². The van der Waals surface area contributed by atoms with Crippen molar-refractivity contribution in [1.82, 2.24) is 9.97 Å². The van der Waals surface area contributed by atoms with Gasteiger partial charge in [-0.25, -0.2) is 9.97 Å². The van der Waals surface area contributed by atoms with Crippen LogP contribution < -0.4 is 4.74 Å². The Kier molecular flexibility index (Phi) is 2.89. The molecule has 0 aliphatic heterocycles. The predicted molar refractivity (Wildman–Crippen MR) is 74.4 cm³/mol. The Morgan fingerprint density at radius 3 is 2.83 bits per heavy atom. The molecular weight excluding hydrogens is 268 g/mol. The smallest absolute Gasteiger partial charge is 0.171 e. The molecule has 90 valence electrons. The molecule has 0 spiro atoms. The molecule has 0 atom stereocenters. The summed E-state index contributed by atoms with van der Waals surface area (Å²) in [6.45, 7) is 0. The number of halogens is 1. The number of rotatable bonds is 2. The number of methoxy groups -OCH3 is 1. The summed E-state index contributed by atoms with van der Waals surface area (Å²) in [4.78, 5) is 9.85. The Morgan fingerprint density at radius 1 is 1.22 bits per heavy atom. The van der Waals surface area contributed by atoms with E-state index in [1.165, 1.54) is 0 Å². The summed E-state index contributed by atoms with van der Waals surface area (Å²) < 4.78 is 5.19. The van der Waals surface area contributed by atoms with E-state index < -0.39 is 0 Å². The SMILES string of the molecule is COc1ccc2c(Cl)nc(-c3cccs3)nc2c1. The number of nitrogens with zero attached hydrogens (tertiary/aromatic N) is 2. The maximum atomic E-state index is 6.19. The molecule has 3 nitrogen and oxygen atoms in total. The highest BCUT2D eigenvalue weighted by molar-refractivity contribution is 7.13. The molecule has 0 unspecified atom stereocenters. The molecule has 3 rings (SSSR count). The monoisotopic (exact) mass is 276 g/mol. The van der Waals surface area contributed by atoms with Gasteiger partial charge in [0.15, 0.2) is 5.82 Å². The van der Waals surface area contributed by atoms with Gasteiger partial charge in [0.05, 0.1) is 17.5 Å². The van der Waals surface area contributed by atoms with E-state index in [9.17, 15) is 0 Å². The standard InChI is InChI=1S/C13H9ClN2OS/c1-17-8-4-5-9-10(7-8)15-13(16-12(9)14)11-3-2-6-18-11/h2-7H,1H3. The van der Waals surface area contributed by atoms with Crippen LogP contribution in [0.4, 0.5) is 0 Å².